The Morgan fingerprint density at radius 3 is 3.10 bits per heavy atom. The maximum Gasteiger partial charge on any atom is 0.224 e. The van der Waals surface area contributed by atoms with Crippen LogP contribution in [0.4, 0.5) is 0 Å². The first-order valence-corrected chi connectivity index (χ1v) is 6.51. The number of hydrogen-bond donors (Lipinski definition) is 2. The second-order valence-corrected chi connectivity index (χ2v) is 4.88. The Hall–Kier alpha value is -1.99. The van der Waals surface area contributed by atoms with Gasteiger partial charge in [-0.2, -0.15) is 0 Å². The van der Waals surface area contributed by atoms with Crippen molar-refractivity contribution in [3.05, 3.63) is 23.8 Å². The van der Waals surface area contributed by atoms with Crippen molar-refractivity contribution in [3.63, 3.8) is 0 Å². The largest absolute Gasteiger partial charge is 0.368 e. The van der Waals surface area contributed by atoms with E-state index in [2.05, 4.69) is 20.3 Å². The number of carbonyl (C=O) groups excluding carboxylic acids is 1. The second kappa shape index (κ2) is 5.56. The molecular weight excluding hydrogens is 262 g/mol. The zero-order valence-electron chi connectivity index (χ0n) is 10.8. The summed E-state index contributed by atoms with van der Waals surface area (Å²) in [5, 5.41) is 19.7. The number of ether oxygens (including phenoxy) is 1. The van der Waals surface area contributed by atoms with Gasteiger partial charge in [0.25, 0.3) is 0 Å². The Bertz CT molecular complexity index is 612. The average Bonchev–Trinajstić information content (AvgIpc) is 2.86. The summed E-state index contributed by atoms with van der Waals surface area (Å²) in [4.78, 5) is 12.0. The first-order chi connectivity index (χ1) is 9.70. The van der Waals surface area contributed by atoms with E-state index >= 15 is 0 Å². The van der Waals surface area contributed by atoms with Crippen LogP contribution in [0.5, 0.6) is 0 Å². The molecule has 1 aliphatic rings. The summed E-state index contributed by atoms with van der Waals surface area (Å²) in [5.41, 5.74) is 2.15. The normalized spacial score (nSPS) is 22.9. The molecule has 2 N–H and O–H groups in total. The Kier molecular flexibility index (Phi) is 3.62. The molecule has 0 saturated carbocycles. The van der Waals surface area contributed by atoms with Crippen LogP contribution < -0.4 is 5.32 Å². The van der Waals surface area contributed by atoms with Crippen molar-refractivity contribution in [2.45, 2.75) is 31.6 Å². The van der Waals surface area contributed by atoms with Crippen LogP contribution in [0, 0.1) is 0 Å². The molecule has 3 rings (SSSR count). The number of nitrogens with one attached hydrogen (secondary N) is 1. The number of fused-ring (bicyclic) bond motifs is 1. The molecule has 2 aromatic rings. The SMILES string of the molecule is O=C(Cc1ccc2nonc2c1)NC1CCOC(O)C1. The monoisotopic (exact) mass is 277 g/mol. The minimum Gasteiger partial charge on any atom is -0.368 e. The van der Waals surface area contributed by atoms with Gasteiger partial charge in [0, 0.05) is 12.5 Å². The van der Waals surface area contributed by atoms with Crippen LogP contribution in [0.15, 0.2) is 22.8 Å². The number of amides is 1. The van der Waals surface area contributed by atoms with E-state index in [1.165, 1.54) is 0 Å². The molecule has 106 valence electrons. The van der Waals surface area contributed by atoms with E-state index in [0.717, 1.165) is 12.0 Å². The van der Waals surface area contributed by atoms with Gasteiger partial charge >= 0.3 is 0 Å². The number of aliphatic hydroxyl groups is 1. The van der Waals surface area contributed by atoms with Gasteiger partial charge in [-0.1, -0.05) is 6.07 Å². The lowest BCUT2D eigenvalue weighted by molar-refractivity contribution is -0.137. The lowest BCUT2D eigenvalue weighted by Crippen LogP contribution is -2.42. The van der Waals surface area contributed by atoms with E-state index in [1.54, 1.807) is 12.1 Å². The van der Waals surface area contributed by atoms with E-state index in [9.17, 15) is 9.90 Å². The van der Waals surface area contributed by atoms with Crippen molar-refractivity contribution in [1.29, 1.82) is 0 Å². The molecule has 0 bridgehead atoms. The average molecular weight is 277 g/mol. The van der Waals surface area contributed by atoms with Gasteiger partial charge in [-0.05, 0) is 34.4 Å². The summed E-state index contributed by atoms with van der Waals surface area (Å²) in [7, 11) is 0. The van der Waals surface area contributed by atoms with E-state index in [1.807, 2.05) is 6.07 Å². The maximum absolute atomic E-state index is 12.0. The van der Waals surface area contributed by atoms with Crippen molar-refractivity contribution in [3.8, 4) is 0 Å². The summed E-state index contributed by atoms with van der Waals surface area (Å²) >= 11 is 0. The van der Waals surface area contributed by atoms with Crippen molar-refractivity contribution in [2.24, 2.45) is 0 Å². The Morgan fingerprint density at radius 2 is 2.25 bits per heavy atom. The Balaban J connectivity index is 1.60. The van der Waals surface area contributed by atoms with Gasteiger partial charge in [-0.25, -0.2) is 4.63 Å². The van der Waals surface area contributed by atoms with Gasteiger partial charge in [0.05, 0.1) is 13.0 Å². The smallest absolute Gasteiger partial charge is 0.224 e. The summed E-state index contributed by atoms with van der Waals surface area (Å²) in [6, 6.07) is 5.34. The second-order valence-electron chi connectivity index (χ2n) is 4.88. The zero-order valence-corrected chi connectivity index (χ0v) is 10.8. The predicted molar refractivity (Wildman–Crippen MR) is 68.6 cm³/mol. The maximum atomic E-state index is 12.0. The molecule has 2 unspecified atom stereocenters. The van der Waals surface area contributed by atoms with Crippen molar-refractivity contribution < 1.29 is 19.3 Å². The zero-order chi connectivity index (χ0) is 13.9. The molecule has 1 saturated heterocycles. The fourth-order valence-electron chi connectivity index (χ4n) is 2.31. The van der Waals surface area contributed by atoms with E-state index in [-0.39, 0.29) is 18.4 Å². The fraction of sp³-hybridized carbons (Fsp3) is 0.462. The molecular formula is C13H15N3O4. The molecule has 7 heteroatoms. The predicted octanol–water partition coefficient (Wildman–Crippen LogP) is 0.379. The van der Waals surface area contributed by atoms with Crippen LogP contribution in [0.25, 0.3) is 11.0 Å². The van der Waals surface area contributed by atoms with Gasteiger partial charge < -0.3 is 15.2 Å². The molecule has 1 aliphatic heterocycles. The van der Waals surface area contributed by atoms with Crippen LogP contribution in [0.2, 0.25) is 0 Å². The fourth-order valence-corrected chi connectivity index (χ4v) is 2.31. The third-order valence-electron chi connectivity index (χ3n) is 3.31. The van der Waals surface area contributed by atoms with Crippen LogP contribution in [0.3, 0.4) is 0 Å². The molecule has 1 aromatic heterocycles. The van der Waals surface area contributed by atoms with Crippen molar-refractivity contribution >= 4 is 16.9 Å². The Labute approximate surface area is 114 Å². The van der Waals surface area contributed by atoms with Gasteiger partial charge in [0.15, 0.2) is 6.29 Å². The van der Waals surface area contributed by atoms with Crippen LogP contribution in [0.1, 0.15) is 18.4 Å². The number of benzene rings is 1. The van der Waals surface area contributed by atoms with Gasteiger partial charge in [-0.15, -0.1) is 0 Å². The molecule has 2 atom stereocenters. The molecule has 0 spiro atoms. The number of aliphatic hydroxyl groups excluding tert-OH is 1. The number of nitrogens with zero attached hydrogens (tertiary/aromatic N) is 2. The topological polar surface area (TPSA) is 97.5 Å². The van der Waals surface area contributed by atoms with Crippen LogP contribution in [-0.2, 0) is 16.0 Å². The first-order valence-electron chi connectivity index (χ1n) is 6.51. The van der Waals surface area contributed by atoms with Crippen LogP contribution in [-0.4, -0.2) is 40.3 Å². The summed E-state index contributed by atoms with van der Waals surface area (Å²) < 4.78 is 9.64. The number of carbonyl (C=O) groups is 1. The number of rotatable bonds is 3. The van der Waals surface area contributed by atoms with E-state index < -0.39 is 6.29 Å². The van der Waals surface area contributed by atoms with Gasteiger partial charge in [0.1, 0.15) is 11.0 Å². The van der Waals surface area contributed by atoms with Crippen molar-refractivity contribution in [1.82, 2.24) is 15.6 Å². The molecule has 20 heavy (non-hydrogen) atoms. The van der Waals surface area contributed by atoms with Crippen molar-refractivity contribution in [2.75, 3.05) is 6.61 Å². The lowest BCUT2D eigenvalue weighted by atomic mass is 10.1. The summed E-state index contributed by atoms with van der Waals surface area (Å²) in [6.07, 6.45) is 0.620. The number of aromatic nitrogens is 2. The molecule has 0 radical (unpaired) electrons. The van der Waals surface area contributed by atoms with Gasteiger partial charge in [0.2, 0.25) is 5.91 Å². The quantitative estimate of drug-likeness (QED) is 0.841. The van der Waals surface area contributed by atoms with Crippen LogP contribution >= 0.6 is 0 Å². The highest BCUT2D eigenvalue weighted by Crippen LogP contribution is 2.14. The summed E-state index contributed by atoms with van der Waals surface area (Å²) in [6.45, 7) is 0.461. The lowest BCUT2D eigenvalue weighted by Gasteiger charge is -2.26. The van der Waals surface area contributed by atoms with E-state index in [0.29, 0.717) is 24.1 Å². The molecule has 7 nitrogen and oxygen atoms in total. The molecule has 1 amide bonds. The minimum atomic E-state index is -0.786. The highest BCUT2D eigenvalue weighted by atomic mass is 16.6. The van der Waals surface area contributed by atoms with Gasteiger partial charge in [-0.3, -0.25) is 4.79 Å². The molecule has 2 heterocycles. The summed E-state index contributed by atoms with van der Waals surface area (Å²) in [5.74, 6) is -0.0834. The Morgan fingerprint density at radius 1 is 1.40 bits per heavy atom. The minimum absolute atomic E-state index is 0.0382. The first kappa shape index (κ1) is 13.0. The molecule has 0 aliphatic carbocycles. The molecule has 1 aromatic carbocycles. The highest BCUT2D eigenvalue weighted by molar-refractivity contribution is 5.81. The number of hydrogen-bond acceptors (Lipinski definition) is 6. The molecule has 1 fully saturated rings. The highest BCUT2D eigenvalue weighted by Gasteiger charge is 2.22. The standard InChI is InChI=1S/C13H15N3O4/c17-12(14-9-3-4-19-13(18)7-9)6-8-1-2-10-11(5-8)16-20-15-10/h1-2,5,9,13,18H,3-4,6-7H2,(H,14,17). The third kappa shape index (κ3) is 2.94. The van der Waals surface area contributed by atoms with E-state index in [4.69, 9.17) is 4.74 Å². The third-order valence-corrected chi connectivity index (χ3v) is 3.31.